The molecule has 100 valence electrons. The van der Waals surface area contributed by atoms with Gasteiger partial charge in [-0.3, -0.25) is 4.90 Å². The molecule has 4 heteroatoms. The van der Waals surface area contributed by atoms with Crippen LogP contribution in [0.3, 0.4) is 0 Å². The zero-order valence-electron chi connectivity index (χ0n) is 11.2. The highest BCUT2D eigenvalue weighted by atomic mass is 16.5. The molecule has 2 fully saturated rings. The number of rotatable bonds is 5. The van der Waals surface area contributed by atoms with E-state index in [9.17, 15) is 0 Å². The number of nitrogens with one attached hydrogen (secondary N) is 1. The fourth-order valence-electron chi connectivity index (χ4n) is 2.85. The van der Waals surface area contributed by atoms with Crippen LogP contribution in [0.2, 0.25) is 0 Å². The molecule has 1 aliphatic heterocycles. The molecule has 1 aromatic rings. The summed E-state index contributed by atoms with van der Waals surface area (Å²) in [4.78, 5) is 2.58. The summed E-state index contributed by atoms with van der Waals surface area (Å²) >= 11 is 0. The van der Waals surface area contributed by atoms with Crippen LogP contribution in [0.15, 0.2) is 10.6 Å². The summed E-state index contributed by atoms with van der Waals surface area (Å²) in [6.07, 6.45) is 6.73. The van der Waals surface area contributed by atoms with Gasteiger partial charge in [-0.05, 0) is 39.2 Å². The van der Waals surface area contributed by atoms with E-state index in [4.69, 9.17) is 4.52 Å². The SMILES string of the molecule is Cc1cc(CN(CC2CCCCN2)C2CC2)no1. The molecule has 0 bridgehead atoms. The first kappa shape index (κ1) is 12.2. The lowest BCUT2D eigenvalue weighted by molar-refractivity contribution is 0.203. The van der Waals surface area contributed by atoms with Crippen LogP contribution in [0.4, 0.5) is 0 Å². The molecule has 1 saturated carbocycles. The van der Waals surface area contributed by atoms with E-state index in [1.165, 1.54) is 38.6 Å². The molecular formula is C14H23N3O. The molecule has 1 aliphatic carbocycles. The maximum Gasteiger partial charge on any atom is 0.133 e. The Morgan fingerprint density at radius 2 is 2.28 bits per heavy atom. The average molecular weight is 249 g/mol. The zero-order chi connectivity index (χ0) is 12.4. The van der Waals surface area contributed by atoms with Crippen LogP contribution in [0.1, 0.15) is 43.6 Å². The Morgan fingerprint density at radius 1 is 1.39 bits per heavy atom. The van der Waals surface area contributed by atoms with E-state index in [1.807, 2.05) is 6.92 Å². The molecule has 1 aromatic heterocycles. The van der Waals surface area contributed by atoms with Crippen molar-refractivity contribution in [2.24, 2.45) is 0 Å². The first-order valence-electron chi connectivity index (χ1n) is 7.21. The average Bonchev–Trinajstić information content (AvgIpc) is 3.15. The topological polar surface area (TPSA) is 41.3 Å². The van der Waals surface area contributed by atoms with E-state index < -0.39 is 0 Å². The van der Waals surface area contributed by atoms with Gasteiger partial charge in [-0.1, -0.05) is 11.6 Å². The minimum absolute atomic E-state index is 0.673. The number of hydrogen-bond donors (Lipinski definition) is 1. The maximum atomic E-state index is 5.16. The summed E-state index contributed by atoms with van der Waals surface area (Å²) in [6, 6.07) is 3.52. The van der Waals surface area contributed by atoms with Crippen molar-refractivity contribution in [3.8, 4) is 0 Å². The minimum Gasteiger partial charge on any atom is -0.361 e. The molecule has 0 aromatic carbocycles. The maximum absolute atomic E-state index is 5.16. The number of nitrogens with zero attached hydrogens (tertiary/aromatic N) is 2. The normalized spacial score (nSPS) is 24.7. The minimum atomic E-state index is 0.673. The van der Waals surface area contributed by atoms with Gasteiger partial charge in [0, 0.05) is 31.2 Å². The van der Waals surface area contributed by atoms with E-state index in [0.29, 0.717) is 6.04 Å². The fraction of sp³-hybridized carbons (Fsp3) is 0.786. The monoisotopic (exact) mass is 249 g/mol. The third kappa shape index (κ3) is 3.12. The summed E-state index contributed by atoms with van der Waals surface area (Å²) in [5.74, 6) is 0.913. The van der Waals surface area contributed by atoms with Gasteiger partial charge in [0.05, 0.1) is 5.69 Å². The Bertz CT molecular complexity index is 380. The highest BCUT2D eigenvalue weighted by Crippen LogP contribution is 2.29. The van der Waals surface area contributed by atoms with Crippen LogP contribution < -0.4 is 5.32 Å². The summed E-state index contributed by atoms with van der Waals surface area (Å²) in [7, 11) is 0. The van der Waals surface area contributed by atoms with Gasteiger partial charge in [0.1, 0.15) is 5.76 Å². The second kappa shape index (κ2) is 5.41. The Kier molecular flexibility index (Phi) is 3.66. The zero-order valence-corrected chi connectivity index (χ0v) is 11.2. The predicted octanol–water partition coefficient (Wildman–Crippen LogP) is 2.09. The van der Waals surface area contributed by atoms with Gasteiger partial charge in [0.25, 0.3) is 0 Å². The van der Waals surface area contributed by atoms with Crippen molar-refractivity contribution in [3.05, 3.63) is 17.5 Å². The number of piperidine rings is 1. The van der Waals surface area contributed by atoms with Crippen LogP contribution in [0.25, 0.3) is 0 Å². The van der Waals surface area contributed by atoms with Crippen molar-refractivity contribution in [3.63, 3.8) is 0 Å². The molecule has 1 unspecified atom stereocenters. The van der Waals surface area contributed by atoms with Crippen LogP contribution >= 0.6 is 0 Å². The predicted molar refractivity (Wildman–Crippen MR) is 70.3 cm³/mol. The number of aryl methyl sites for hydroxylation is 1. The molecule has 1 atom stereocenters. The quantitative estimate of drug-likeness (QED) is 0.867. The lowest BCUT2D eigenvalue weighted by Crippen LogP contribution is -2.44. The molecule has 2 heterocycles. The van der Waals surface area contributed by atoms with Crippen molar-refractivity contribution in [1.82, 2.24) is 15.4 Å². The Labute approximate surface area is 109 Å². The second-order valence-electron chi connectivity index (χ2n) is 5.74. The third-order valence-corrected chi connectivity index (χ3v) is 3.97. The van der Waals surface area contributed by atoms with Crippen LogP contribution in [-0.2, 0) is 6.54 Å². The molecule has 0 amide bonds. The fourth-order valence-corrected chi connectivity index (χ4v) is 2.85. The first-order valence-corrected chi connectivity index (χ1v) is 7.21. The van der Waals surface area contributed by atoms with Gasteiger partial charge < -0.3 is 9.84 Å². The van der Waals surface area contributed by atoms with Gasteiger partial charge in [-0.25, -0.2) is 0 Å². The van der Waals surface area contributed by atoms with E-state index in [2.05, 4.69) is 21.4 Å². The second-order valence-corrected chi connectivity index (χ2v) is 5.74. The Balaban J connectivity index is 1.57. The first-order chi connectivity index (χ1) is 8.81. The van der Waals surface area contributed by atoms with Crippen molar-refractivity contribution >= 4 is 0 Å². The summed E-state index contributed by atoms with van der Waals surface area (Å²) in [6.45, 7) is 5.25. The third-order valence-electron chi connectivity index (χ3n) is 3.97. The van der Waals surface area contributed by atoms with Gasteiger partial charge >= 0.3 is 0 Å². The van der Waals surface area contributed by atoms with E-state index in [1.54, 1.807) is 0 Å². The van der Waals surface area contributed by atoms with Crippen LogP contribution in [-0.4, -0.2) is 35.2 Å². The van der Waals surface area contributed by atoms with Crippen molar-refractivity contribution in [2.45, 2.75) is 57.7 Å². The highest BCUT2D eigenvalue weighted by Gasteiger charge is 2.31. The Morgan fingerprint density at radius 3 is 2.89 bits per heavy atom. The molecule has 0 spiro atoms. The standard InChI is InChI=1S/C14H23N3O/c1-11-8-13(16-18-11)10-17(14-5-6-14)9-12-4-2-3-7-15-12/h8,12,14-15H,2-7,9-10H2,1H3. The number of hydrogen-bond acceptors (Lipinski definition) is 4. The van der Waals surface area contributed by atoms with Gasteiger partial charge in [-0.15, -0.1) is 0 Å². The van der Waals surface area contributed by atoms with Gasteiger partial charge in [-0.2, -0.15) is 0 Å². The molecular weight excluding hydrogens is 226 g/mol. The van der Waals surface area contributed by atoms with Crippen LogP contribution in [0, 0.1) is 6.92 Å². The Hall–Kier alpha value is -0.870. The largest absolute Gasteiger partial charge is 0.361 e. The van der Waals surface area contributed by atoms with Crippen LogP contribution in [0.5, 0.6) is 0 Å². The molecule has 1 saturated heterocycles. The van der Waals surface area contributed by atoms with Crippen molar-refractivity contribution in [1.29, 1.82) is 0 Å². The molecule has 18 heavy (non-hydrogen) atoms. The molecule has 2 aliphatic rings. The smallest absolute Gasteiger partial charge is 0.133 e. The molecule has 1 N–H and O–H groups in total. The van der Waals surface area contributed by atoms with Crippen molar-refractivity contribution < 1.29 is 4.52 Å². The molecule has 0 radical (unpaired) electrons. The lowest BCUT2D eigenvalue weighted by Gasteiger charge is -2.30. The van der Waals surface area contributed by atoms with Crippen molar-refractivity contribution in [2.75, 3.05) is 13.1 Å². The van der Waals surface area contributed by atoms with Gasteiger partial charge in [0.2, 0.25) is 0 Å². The van der Waals surface area contributed by atoms with E-state index >= 15 is 0 Å². The lowest BCUT2D eigenvalue weighted by atomic mass is 10.0. The summed E-state index contributed by atoms with van der Waals surface area (Å²) in [5.41, 5.74) is 1.08. The number of aromatic nitrogens is 1. The van der Waals surface area contributed by atoms with Gasteiger partial charge in [0.15, 0.2) is 0 Å². The molecule has 3 rings (SSSR count). The summed E-state index contributed by atoms with van der Waals surface area (Å²) in [5, 5.41) is 7.76. The van der Waals surface area contributed by atoms with E-state index in [0.717, 1.165) is 30.6 Å². The highest BCUT2D eigenvalue weighted by molar-refractivity contribution is 5.04. The van der Waals surface area contributed by atoms with E-state index in [-0.39, 0.29) is 0 Å². The molecule has 4 nitrogen and oxygen atoms in total. The summed E-state index contributed by atoms with van der Waals surface area (Å²) < 4.78 is 5.16.